The van der Waals surface area contributed by atoms with Crippen LogP contribution in [0.3, 0.4) is 0 Å². The van der Waals surface area contributed by atoms with Gasteiger partial charge in [-0.25, -0.2) is 0 Å². The summed E-state index contributed by atoms with van der Waals surface area (Å²) < 4.78 is 0. The third-order valence-electron chi connectivity index (χ3n) is 10.6. The summed E-state index contributed by atoms with van der Waals surface area (Å²) in [4.78, 5) is 4.92. The third-order valence-corrected chi connectivity index (χ3v) is 10.6. The van der Waals surface area contributed by atoms with Gasteiger partial charge in [-0.15, -0.1) is 0 Å². The molecule has 2 unspecified atom stereocenters. The largest absolute Gasteiger partial charge is 0.381 e. The van der Waals surface area contributed by atoms with Crippen molar-refractivity contribution in [1.29, 1.82) is 0 Å². The van der Waals surface area contributed by atoms with E-state index in [4.69, 9.17) is 0 Å². The van der Waals surface area contributed by atoms with E-state index in [2.05, 4.69) is 175 Å². The van der Waals surface area contributed by atoms with E-state index >= 15 is 0 Å². The Morgan fingerprint density at radius 2 is 1.34 bits per heavy atom. The fourth-order valence-electron chi connectivity index (χ4n) is 8.02. The Balaban J connectivity index is 0.988. The molecule has 0 spiro atoms. The molecule has 0 radical (unpaired) electrons. The van der Waals surface area contributed by atoms with Gasteiger partial charge in [0, 0.05) is 35.5 Å². The third kappa shape index (κ3) is 6.13. The van der Waals surface area contributed by atoms with Crippen molar-refractivity contribution in [2.75, 3.05) is 21.7 Å². The summed E-state index contributed by atoms with van der Waals surface area (Å²) in [6, 6.07) is 33.2. The summed E-state index contributed by atoms with van der Waals surface area (Å²) in [5.74, 6) is 0. The molecule has 5 nitrogen and oxygen atoms in total. The zero-order valence-electron chi connectivity index (χ0n) is 29.6. The Hall–Kier alpha value is -5.42. The van der Waals surface area contributed by atoms with Gasteiger partial charge in [-0.05, 0) is 124 Å². The predicted octanol–water partition coefficient (Wildman–Crippen LogP) is 10.3. The van der Waals surface area contributed by atoms with Gasteiger partial charge in [0.05, 0.1) is 23.1 Å². The smallest absolute Gasteiger partial charge is 0.126 e. The lowest BCUT2D eigenvalue weighted by Gasteiger charge is -2.34. The number of rotatable bonds is 7. The molecule has 5 heteroatoms. The standard InChI is InChI=1S/C45H47N5/c1-30-14-24-42(32(3)26-30)49(43-25-15-31(2)27-33(43)4)38-22-20-35(21-23-38)41-29-46-40(28-47-41)34-16-18-36(19-17-34)45-48-39-12-8-9-13-44(39)50(45)37-10-6-5-7-11-37/h5-16,18,20,22,24-27,29,40,45-48H,17,19,21,23,28H2,1-4H3. The molecule has 2 aliphatic carbocycles. The molecular weight excluding hydrogens is 611 g/mol. The molecule has 2 aliphatic heterocycles. The van der Waals surface area contributed by atoms with Crippen LogP contribution in [0.1, 0.15) is 47.9 Å². The maximum atomic E-state index is 3.80. The van der Waals surface area contributed by atoms with Gasteiger partial charge in [0.15, 0.2) is 0 Å². The second kappa shape index (κ2) is 13.5. The molecule has 0 bridgehead atoms. The normalized spacial score (nSPS) is 19.8. The molecule has 0 saturated carbocycles. The van der Waals surface area contributed by atoms with Gasteiger partial charge >= 0.3 is 0 Å². The summed E-state index contributed by atoms with van der Waals surface area (Å²) >= 11 is 0. The van der Waals surface area contributed by atoms with Crippen LogP contribution >= 0.6 is 0 Å². The van der Waals surface area contributed by atoms with Crippen LogP contribution in [0.5, 0.6) is 0 Å². The number of aryl methyl sites for hydroxylation is 4. The molecule has 2 heterocycles. The Labute approximate surface area is 297 Å². The van der Waals surface area contributed by atoms with E-state index in [1.165, 1.54) is 78.8 Å². The Morgan fingerprint density at radius 3 is 1.96 bits per heavy atom. The molecule has 50 heavy (non-hydrogen) atoms. The lowest BCUT2D eigenvalue weighted by molar-refractivity contribution is 0.555. The van der Waals surface area contributed by atoms with E-state index in [-0.39, 0.29) is 12.2 Å². The number of anilines is 5. The highest BCUT2D eigenvalue weighted by Crippen LogP contribution is 2.44. The molecule has 0 aromatic heterocycles. The highest BCUT2D eigenvalue weighted by molar-refractivity contribution is 5.84. The molecule has 4 aromatic rings. The fourth-order valence-corrected chi connectivity index (χ4v) is 8.02. The van der Waals surface area contributed by atoms with E-state index in [1.54, 1.807) is 0 Å². The van der Waals surface area contributed by atoms with Gasteiger partial charge in [-0.3, -0.25) is 0 Å². The van der Waals surface area contributed by atoms with Crippen LogP contribution in [-0.4, -0.2) is 18.8 Å². The lowest BCUT2D eigenvalue weighted by atomic mass is 9.90. The van der Waals surface area contributed by atoms with E-state index in [1.807, 2.05) is 0 Å². The van der Waals surface area contributed by atoms with Gasteiger partial charge < -0.3 is 25.8 Å². The van der Waals surface area contributed by atoms with E-state index < -0.39 is 0 Å². The number of hydrogen-bond acceptors (Lipinski definition) is 5. The molecule has 4 aliphatic rings. The van der Waals surface area contributed by atoms with E-state index in [0.717, 1.165) is 32.2 Å². The minimum atomic E-state index is 0.119. The maximum Gasteiger partial charge on any atom is 0.126 e. The van der Waals surface area contributed by atoms with Gasteiger partial charge in [-0.1, -0.05) is 84.0 Å². The summed E-state index contributed by atoms with van der Waals surface area (Å²) in [5, 5.41) is 11.4. The summed E-state index contributed by atoms with van der Waals surface area (Å²) in [7, 11) is 0. The number of para-hydroxylation sites is 3. The van der Waals surface area contributed by atoms with Gasteiger partial charge in [0.2, 0.25) is 0 Å². The van der Waals surface area contributed by atoms with Crippen molar-refractivity contribution in [2.24, 2.45) is 0 Å². The Kier molecular flexibility index (Phi) is 8.58. The van der Waals surface area contributed by atoms with Gasteiger partial charge in [-0.2, -0.15) is 0 Å². The molecular formula is C45H47N5. The topological polar surface area (TPSA) is 42.6 Å². The van der Waals surface area contributed by atoms with Crippen molar-refractivity contribution in [3.8, 4) is 0 Å². The van der Waals surface area contributed by atoms with E-state index in [9.17, 15) is 0 Å². The molecule has 8 rings (SSSR count). The first-order chi connectivity index (χ1) is 24.4. The number of benzene rings is 4. The molecule has 0 saturated heterocycles. The number of nitrogens with zero attached hydrogens (tertiary/aromatic N) is 2. The maximum absolute atomic E-state index is 3.80. The molecule has 0 amide bonds. The zero-order chi connectivity index (χ0) is 34.2. The molecule has 3 N–H and O–H groups in total. The summed E-state index contributed by atoms with van der Waals surface area (Å²) in [6.45, 7) is 9.68. The van der Waals surface area contributed by atoms with Crippen LogP contribution in [0, 0.1) is 27.7 Å². The summed E-state index contributed by atoms with van der Waals surface area (Å²) in [6.07, 6.45) is 15.7. The quantitative estimate of drug-likeness (QED) is 0.185. The molecule has 0 fully saturated rings. The second-order valence-corrected chi connectivity index (χ2v) is 14.2. The predicted molar refractivity (Wildman–Crippen MR) is 210 cm³/mol. The van der Waals surface area contributed by atoms with Crippen LogP contribution < -0.4 is 25.8 Å². The highest BCUT2D eigenvalue weighted by Gasteiger charge is 2.33. The SMILES string of the molecule is Cc1ccc(N(C2=CC=C(C3=CNC(C4=CC=C(C5Nc6ccccc6N5c5ccccc5)CC4)CN3)CC2)c2ccc(C)cc2C)c(C)c1. The average molecular weight is 658 g/mol. The van der Waals surface area contributed by atoms with Crippen LogP contribution in [-0.2, 0) is 0 Å². The van der Waals surface area contributed by atoms with Crippen molar-refractivity contribution in [3.63, 3.8) is 0 Å². The average Bonchev–Trinajstić information content (AvgIpc) is 3.54. The first kappa shape index (κ1) is 31.8. The van der Waals surface area contributed by atoms with Crippen LogP contribution in [0.25, 0.3) is 0 Å². The minimum Gasteiger partial charge on any atom is -0.381 e. The van der Waals surface area contributed by atoms with Crippen molar-refractivity contribution in [1.82, 2.24) is 10.6 Å². The molecule has 252 valence electrons. The van der Waals surface area contributed by atoms with Crippen molar-refractivity contribution < 1.29 is 0 Å². The number of hydrogen-bond donors (Lipinski definition) is 3. The number of allylic oxidation sites excluding steroid dienone is 6. The lowest BCUT2D eigenvalue weighted by Crippen LogP contribution is -2.43. The number of nitrogens with one attached hydrogen (secondary N) is 3. The van der Waals surface area contributed by atoms with Crippen molar-refractivity contribution >= 4 is 28.4 Å². The van der Waals surface area contributed by atoms with Gasteiger partial charge in [0.1, 0.15) is 6.17 Å². The molecule has 2 atom stereocenters. The van der Waals surface area contributed by atoms with Crippen LogP contribution in [0.15, 0.2) is 150 Å². The van der Waals surface area contributed by atoms with Crippen LogP contribution in [0.4, 0.5) is 28.4 Å². The second-order valence-electron chi connectivity index (χ2n) is 14.2. The number of fused-ring (bicyclic) bond motifs is 1. The highest BCUT2D eigenvalue weighted by atomic mass is 15.3. The Morgan fingerprint density at radius 1 is 0.660 bits per heavy atom. The van der Waals surface area contributed by atoms with Gasteiger partial charge in [0.25, 0.3) is 0 Å². The first-order valence-electron chi connectivity index (χ1n) is 18.1. The van der Waals surface area contributed by atoms with Crippen molar-refractivity contribution in [3.05, 3.63) is 172 Å². The minimum absolute atomic E-state index is 0.119. The first-order valence-corrected chi connectivity index (χ1v) is 18.1. The van der Waals surface area contributed by atoms with Crippen molar-refractivity contribution in [2.45, 2.75) is 65.6 Å². The Bertz CT molecular complexity index is 2030. The van der Waals surface area contributed by atoms with Crippen LogP contribution in [0.2, 0.25) is 0 Å². The summed E-state index contributed by atoms with van der Waals surface area (Å²) in [5.41, 5.74) is 18.1. The molecule has 4 aromatic carbocycles. The fraction of sp³-hybridized carbons (Fsp3) is 0.244. The monoisotopic (exact) mass is 657 g/mol. The van der Waals surface area contributed by atoms with E-state index in [0.29, 0.717) is 0 Å². The zero-order valence-corrected chi connectivity index (χ0v) is 29.6.